The summed E-state index contributed by atoms with van der Waals surface area (Å²) in [6.07, 6.45) is 32.4. The second-order valence-corrected chi connectivity index (χ2v) is 7.68. The summed E-state index contributed by atoms with van der Waals surface area (Å²) in [5, 5.41) is 9.25. The third-order valence-electron chi connectivity index (χ3n) is 4.50. The van der Waals surface area contributed by atoms with Crippen LogP contribution in [0, 0.1) is 0 Å². The van der Waals surface area contributed by atoms with Gasteiger partial charge < -0.3 is 14.6 Å². The fraction of sp³-hybridized carbons (Fsp3) is 0.517. The van der Waals surface area contributed by atoms with Crippen molar-refractivity contribution in [3.8, 4) is 0 Å². The molecular weight excluding hydrogens is 428 g/mol. The van der Waals surface area contributed by atoms with Crippen LogP contribution in [0.5, 0.6) is 0 Å². The number of hydrogen-bond acceptors (Lipinski definition) is 5. The number of aliphatic hydroxyl groups excluding tert-OH is 1. The predicted molar refractivity (Wildman–Crippen MR) is 140 cm³/mol. The number of ether oxygens (including phenoxy) is 2. The molecule has 0 radical (unpaired) electrons. The Hall–Kier alpha value is -2.66. The van der Waals surface area contributed by atoms with E-state index in [0.717, 1.165) is 38.5 Å². The Bertz CT molecular complexity index is 683. The highest BCUT2D eigenvalue weighted by molar-refractivity contribution is 5.70. The van der Waals surface area contributed by atoms with Gasteiger partial charge in [-0.05, 0) is 51.4 Å². The minimum absolute atomic E-state index is 0.110. The van der Waals surface area contributed by atoms with Gasteiger partial charge in [-0.25, -0.2) is 0 Å². The molecule has 0 saturated heterocycles. The van der Waals surface area contributed by atoms with Gasteiger partial charge in [0, 0.05) is 12.8 Å². The summed E-state index contributed by atoms with van der Waals surface area (Å²) < 4.78 is 10.1. The third-order valence-corrected chi connectivity index (χ3v) is 4.50. The summed E-state index contributed by atoms with van der Waals surface area (Å²) in [5.41, 5.74) is 0. The Kier molecular flexibility index (Phi) is 23.0. The van der Waals surface area contributed by atoms with E-state index in [0.29, 0.717) is 19.3 Å². The van der Waals surface area contributed by atoms with Crippen LogP contribution < -0.4 is 0 Å². The van der Waals surface area contributed by atoms with Gasteiger partial charge in [0.1, 0.15) is 6.61 Å². The van der Waals surface area contributed by atoms with Crippen molar-refractivity contribution in [3.05, 3.63) is 72.9 Å². The molecule has 0 amide bonds. The number of rotatable bonds is 20. The quantitative estimate of drug-likeness (QED) is 0.157. The van der Waals surface area contributed by atoms with Crippen molar-refractivity contribution in [1.29, 1.82) is 0 Å². The van der Waals surface area contributed by atoms with E-state index in [4.69, 9.17) is 9.47 Å². The van der Waals surface area contributed by atoms with Gasteiger partial charge >= 0.3 is 11.9 Å². The SMILES string of the molecule is CC/C=C\C/C=C\C/C=C\C/C=C\C/C=C\C/C=C\CCC(=O)OC(CO)COC(=O)CCC. The molecule has 1 atom stereocenters. The Morgan fingerprint density at radius 3 is 1.59 bits per heavy atom. The first-order valence-corrected chi connectivity index (χ1v) is 12.5. The molecule has 5 nitrogen and oxygen atoms in total. The highest BCUT2D eigenvalue weighted by atomic mass is 16.6. The van der Waals surface area contributed by atoms with Crippen LogP contribution in [-0.4, -0.2) is 36.4 Å². The molecule has 0 bridgehead atoms. The van der Waals surface area contributed by atoms with Crippen molar-refractivity contribution in [1.82, 2.24) is 0 Å². The zero-order valence-electron chi connectivity index (χ0n) is 21.1. The van der Waals surface area contributed by atoms with E-state index in [-0.39, 0.29) is 25.6 Å². The van der Waals surface area contributed by atoms with Gasteiger partial charge in [0.05, 0.1) is 6.61 Å². The predicted octanol–water partition coefficient (Wildman–Crippen LogP) is 6.71. The molecule has 0 aliphatic rings. The van der Waals surface area contributed by atoms with Gasteiger partial charge in [0.25, 0.3) is 0 Å². The number of allylic oxidation sites excluding steroid dienone is 12. The van der Waals surface area contributed by atoms with Gasteiger partial charge in [-0.3, -0.25) is 9.59 Å². The Morgan fingerprint density at radius 1 is 0.676 bits per heavy atom. The average molecular weight is 473 g/mol. The monoisotopic (exact) mass is 472 g/mol. The van der Waals surface area contributed by atoms with Crippen molar-refractivity contribution in [2.45, 2.75) is 84.2 Å². The lowest BCUT2D eigenvalue weighted by molar-refractivity contribution is -0.161. The van der Waals surface area contributed by atoms with Crippen molar-refractivity contribution in [2.24, 2.45) is 0 Å². The fourth-order valence-corrected chi connectivity index (χ4v) is 2.67. The lowest BCUT2D eigenvalue weighted by atomic mass is 10.2. The maximum absolute atomic E-state index is 11.8. The van der Waals surface area contributed by atoms with Crippen LogP contribution in [0.3, 0.4) is 0 Å². The Labute approximate surface area is 206 Å². The molecule has 190 valence electrons. The molecule has 0 saturated carbocycles. The highest BCUT2D eigenvalue weighted by Gasteiger charge is 2.15. The molecule has 0 aromatic rings. The molecule has 0 heterocycles. The van der Waals surface area contributed by atoms with Gasteiger partial charge in [-0.2, -0.15) is 0 Å². The van der Waals surface area contributed by atoms with Crippen molar-refractivity contribution >= 4 is 11.9 Å². The van der Waals surface area contributed by atoms with Crippen LogP contribution >= 0.6 is 0 Å². The summed E-state index contributed by atoms with van der Waals surface area (Å²) in [4.78, 5) is 23.2. The molecule has 0 aromatic carbocycles. The smallest absolute Gasteiger partial charge is 0.306 e. The van der Waals surface area contributed by atoms with Crippen LogP contribution in [0.2, 0.25) is 0 Å². The maximum atomic E-state index is 11.8. The fourth-order valence-electron chi connectivity index (χ4n) is 2.67. The van der Waals surface area contributed by atoms with E-state index in [1.807, 2.05) is 19.1 Å². The Morgan fingerprint density at radius 2 is 1.15 bits per heavy atom. The zero-order valence-corrected chi connectivity index (χ0v) is 21.1. The average Bonchev–Trinajstić information content (AvgIpc) is 2.83. The molecule has 5 heteroatoms. The van der Waals surface area contributed by atoms with Crippen LogP contribution in [0.15, 0.2) is 72.9 Å². The molecule has 0 aromatic heterocycles. The summed E-state index contributed by atoms with van der Waals surface area (Å²) in [5.74, 6) is -0.764. The van der Waals surface area contributed by atoms with Crippen LogP contribution in [-0.2, 0) is 19.1 Å². The number of esters is 2. The van der Waals surface area contributed by atoms with Crippen molar-refractivity contribution in [3.63, 3.8) is 0 Å². The largest absolute Gasteiger partial charge is 0.462 e. The van der Waals surface area contributed by atoms with E-state index in [9.17, 15) is 14.7 Å². The first kappa shape index (κ1) is 31.3. The van der Waals surface area contributed by atoms with Gasteiger partial charge in [0.2, 0.25) is 0 Å². The normalized spacial score (nSPS) is 13.4. The van der Waals surface area contributed by atoms with Crippen LogP contribution in [0.4, 0.5) is 0 Å². The summed E-state index contributed by atoms with van der Waals surface area (Å²) >= 11 is 0. The number of carbonyl (C=O) groups excluding carboxylic acids is 2. The van der Waals surface area contributed by atoms with Crippen molar-refractivity contribution < 1.29 is 24.2 Å². The first-order valence-electron chi connectivity index (χ1n) is 12.5. The lowest BCUT2D eigenvalue weighted by Crippen LogP contribution is -2.28. The summed E-state index contributed by atoms with van der Waals surface area (Å²) in [6, 6.07) is 0. The number of carbonyl (C=O) groups is 2. The molecule has 0 aliphatic heterocycles. The Balaban J connectivity index is 3.78. The maximum Gasteiger partial charge on any atom is 0.306 e. The summed E-state index contributed by atoms with van der Waals surface area (Å²) in [7, 11) is 0. The third kappa shape index (κ3) is 22.5. The van der Waals surface area contributed by atoms with E-state index in [1.54, 1.807) is 0 Å². The lowest BCUT2D eigenvalue weighted by Gasteiger charge is -2.15. The molecule has 0 aliphatic carbocycles. The van der Waals surface area contributed by atoms with Gasteiger partial charge in [0.15, 0.2) is 6.10 Å². The van der Waals surface area contributed by atoms with E-state index in [2.05, 4.69) is 67.7 Å². The number of aliphatic hydroxyl groups is 1. The van der Waals surface area contributed by atoms with E-state index < -0.39 is 12.1 Å². The minimum atomic E-state index is -0.807. The molecular formula is C29H44O5. The van der Waals surface area contributed by atoms with Crippen molar-refractivity contribution in [2.75, 3.05) is 13.2 Å². The molecule has 34 heavy (non-hydrogen) atoms. The molecule has 0 fully saturated rings. The number of hydrogen-bond donors (Lipinski definition) is 1. The molecule has 1 N–H and O–H groups in total. The van der Waals surface area contributed by atoms with Crippen LogP contribution in [0.1, 0.15) is 78.1 Å². The van der Waals surface area contributed by atoms with Gasteiger partial charge in [-0.1, -0.05) is 86.8 Å². The highest BCUT2D eigenvalue weighted by Crippen LogP contribution is 2.02. The second kappa shape index (κ2) is 25.0. The van der Waals surface area contributed by atoms with Crippen LogP contribution in [0.25, 0.3) is 0 Å². The molecule has 1 unspecified atom stereocenters. The standard InChI is InChI=1S/C29H44O5/c1-3-5-6-7-8-9-10-11-12-13-14-15-16-17-18-19-20-21-22-24-29(32)34-27(25-30)26-33-28(31)23-4-2/h5-6,8-9,11-12,14-15,17-18,20-21,27,30H,3-4,7,10,13,16,19,22-26H2,1-2H3/b6-5-,9-8-,12-11-,15-14-,18-17-,21-20-. The van der Waals surface area contributed by atoms with E-state index >= 15 is 0 Å². The molecule has 0 rings (SSSR count). The van der Waals surface area contributed by atoms with E-state index in [1.165, 1.54) is 0 Å². The zero-order chi connectivity index (χ0) is 25.1. The summed E-state index contributed by atoms with van der Waals surface area (Å²) in [6.45, 7) is 3.54. The first-order chi connectivity index (χ1) is 16.6. The molecule has 0 spiro atoms. The topological polar surface area (TPSA) is 72.8 Å². The second-order valence-electron chi connectivity index (χ2n) is 7.68. The minimum Gasteiger partial charge on any atom is -0.462 e. The van der Waals surface area contributed by atoms with Gasteiger partial charge in [-0.15, -0.1) is 0 Å².